The van der Waals surface area contributed by atoms with Gasteiger partial charge in [0.15, 0.2) is 0 Å². The molecule has 0 radical (unpaired) electrons. The van der Waals surface area contributed by atoms with E-state index >= 15 is 0 Å². The van der Waals surface area contributed by atoms with E-state index in [2.05, 4.69) is 25.7 Å². The average molecular weight is 288 g/mol. The Kier molecular flexibility index (Phi) is 3.51. The second-order valence-electron chi connectivity index (χ2n) is 4.44. The van der Waals surface area contributed by atoms with E-state index in [-0.39, 0.29) is 0 Å². The fourth-order valence-corrected chi connectivity index (χ4v) is 2.74. The van der Waals surface area contributed by atoms with Crippen LogP contribution in [0.25, 0.3) is 10.2 Å². The summed E-state index contributed by atoms with van der Waals surface area (Å²) in [5, 5.41) is 13.8. The van der Waals surface area contributed by atoms with E-state index in [9.17, 15) is 0 Å². The molecular formula is C13H16N6S. The lowest BCUT2D eigenvalue weighted by atomic mass is 10.3. The molecule has 3 heterocycles. The van der Waals surface area contributed by atoms with Crippen molar-refractivity contribution in [3.63, 3.8) is 0 Å². The molecule has 3 aromatic heterocycles. The number of nitrogens with zero attached hydrogens (tertiary/aromatic N) is 4. The van der Waals surface area contributed by atoms with E-state index in [1.807, 2.05) is 37.8 Å². The molecule has 0 fully saturated rings. The monoisotopic (exact) mass is 288 g/mol. The van der Waals surface area contributed by atoms with Crippen LogP contribution in [0.15, 0.2) is 23.8 Å². The first-order valence-corrected chi connectivity index (χ1v) is 7.34. The number of nitrogens with one attached hydrogen (secondary N) is 2. The first-order valence-electron chi connectivity index (χ1n) is 6.46. The molecule has 0 atom stereocenters. The van der Waals surface area contributed by atoms with Crippen LogP contribution in [0.4, 0.5) is 11.8 Å². The maximum absolute atomic E-state index is 4.53. The molecule has 2 N–H and O–H groups in total. The van der Waals surface area contributed by atoms with Gasteiger partial charge in [-0.1, -0.05) is 0 Å². The maximum Gasteiger partial charge on any atom is 0.226 e. The molecule has 0 unspecified atom stereocenters. The molecule has 3 aromatic rings. The van der Waals surface area contributed by atoms with Gasteiger partial charge < -0.3 is 10.6 Å². The number of fused-ring (bicyclic) bond motifs is 1. The number of aromatic nitrogens is 4. The number of hydrogen-bond acceptors (Lipinski definition) is 6. The summed E-state index contributed by atoms with van der Waals surface area (Å²) in [4.78, 5) is 10.0. The maximum atomic E-state index is 4.53. The van der Waals surface area contributed by atoms with E-state index in [0.29, 0.717) is 12.5 Å². The highest BCUT2D eigenvalue weighted by Gasteiger charge is 2.08. The topological polar surface area (TPSA) is 67.7 Å². The highest BCUT2D eigenvalue weighted by molar-refractivity contribution is 7.16. The van der Waals surface area contributed by atoms with Gasteiger partial charge in [-0.05, 0) is 18.4 Å². The Labute approximate surface area is 120 Å². The third-order valence-corrected chi connectivity index (χ3v) is 3.68. The molecule has 0 amide bonds. The van der Waals surface area contributed by atoms with E-state index in [1.54, 1.807) is 16.0 Å². The average Bonchev–Trinajstić information content (AvgIpc) is 3.05. The van der Waals surface area contributed by atoms with Crippen molar-refractivity contribution in [2.24, 2.45) is 7.05 Å². The quantitative estimate of drug-likeness (QED) is 0.755. The van der Waals surface area contributed by atoms with Gasteiger partial charge in [0.2, 0.25) is 5.95 Å². The highest BCUT2D eigenvalue weighted by Crippen LogP contribution is 2.26. The van der Waals surface area contributed by atoms with E-state index in [1.165, 1.54) is 0 Å². The molecule has 0 bridgehead atoms. The molecule has 0 saturated heterocycles. The van der Waals surface area contributed by atoms with Gasteiger partial charge in [0, 0.05) is 31.9 Å². The minimum Gasteiger partial charge on any atom is -0.365 e. The molecule has 104 valence electrons. The number of hydrogen-bond donors (Lipinski definition) is 2. The van der Waals surface area contributed by atoms with Crippen molar-refractivity contribution < 1.29 is 0 Å². The van der Waals surface area contributed by atoms with E-state index in [4.69, 9.17) is 0 Å². The van der Waals surface area contributed by atoms with Crippen molar-refractivity contribution >= 4 is 33.3 Å². The van der Waals surface area contributed by atoms with Gasteiger partial charge in [0.1, 0.15) is 10.6 Å². The van der Waals surface area contributed by atoms with Crippen LogP contribution in [0.2, 0.25) is 0 Å². The molecule has 0 aliphatic rings. The molecule has 3 rings (SSSR count). The second kappa shape index (κ2) is 5.46. The SMILES string of the molecule is CCNc1nc(NCc2cnn(C)c2)c2ccsc2n1. The van der Waals surface area contributed by atoms with Crippen molar-refractivity contribution in [1.29, 1.82) is 0 Å². The Balaban J connectivity index is 1.87. The van der Waals surface area contributed by atoms with Crippen LogP contribution < -0.4 is 10.6 Å². The lowest BCUT2D eigenvalue weighted by Crippen LogP contribution is -2.06. The summed E-state index contributed by atoms with van der Waals surface area (Å²) in [5.41, 5.74) is 1.12. The Hall–Kier alpha value is -2.15. The van der Waals surface area contributed by atoms with Crippen LogP contribution in [0.3, 0.4) is 0 Å². The van der Waals surface area contributed by atoms with Crippen molar-refractivity contribution in [3.05, 3.63) is 29.4 Å². The first kappa shape index (κ1) is 12.9. The largest absolute Gasteiger partial charge is 0.365 e. The second-order valence-corrected chi connectivity index (χ2v) is 5.34. The number of thiophene rings is 1. The minimum absolute atomic E-state index is 0.663. The molecule has 20 heavy (non-hydrogen) atoms. The van der Waals surface area contributed by atoms with Crippen molar-refractivity contribution in [3.8, 4) is 0 Å². The summed E-state index contributed by atoms with van der Waals surface area (Å²) in [7, 11) is 1.91. The minimum atomic E-state index is 0.663. The first-order chi connectivity index (χ1) is 9.76. The Morgan fingerprint density at radius 2 is 2.20 bits per heavy atom. The predicted molar refractivity (Wildman–Crippen MR) is 82.1 cm³/mol. The molecule has 0 aliphatic carbocycles. The number of anilines is 2. The van der Waals surface area contributed by atoms with E-state index < -0.39 is 0 Å². The van der Waals surface area contributed by atoms with Crippen LogP contribution in [0, 0.1) is 0 Å². The zero-order valence-corrected chi connectivity index (χ0v) is 12.2. The Morgan fingerprint density at radius 3 is 2.95 bits per heavy atom. The van der Waals surface area contributed by atoms with Gasteiger partial charge in [-0.2, -0.15) is 10.1 Å². The lowest BCUT2D eigenvalue weighted by Gasteiger charge is -2.08. The molecule has 6 nitrogen and oxygen atoms in total. The summed E-state index contributed by atoms with van der Waals surface area (Å²) in [6.45, 7) is 3.53. The fourth-order valence-electron chi connectivity index (χ4n) is 1.98. The van der Waals surface area contributed by atoms with Gasteiger partial charge in [0.25, 0.3) is 0 Å². The summed E-state index contributed by atoms with van der Waals surface area (Å²) >= 11 is 1.62. The molecule has 7 heteroatoms. The Morgan fingerprint density at radius 1 is 1.30 bits per heavy atom. The molecule has 0 spiro atoms. The molecule has 0 saturated carbocycles. The van der Waals surface area contributed by atoms with Crippen molar-refractivity contribution in [1.82, 2.24) is 19.7 Å². The number of rotatable bonds is 5. The van der Waals surface area contributed by atoms with Gasteiger partial charge >= 0.3 is 0 Å². The molecule has 0 aliphatic heterocycles. The predicted octanol–water partition coefficient (Wildman–Crippen LogP) is 2.47. The van der Waals surface area contributed by atoms with Crippen molar-refractivity contribution in [2.45, 2.75) is 13.5 Å². The van der Waals surface area contributed by atoms with Crippen molar-refractivity contribution in [2.75, 3.05) is 17.2 Å². The van der Waals surface area contributed by atoms with Gasteiger partial charge in [-0.25, -0.2) is 4.98 Å². The number of aryl methyl sites for hydroxylation is 1. The zero-order chi connectivity index (χ0) is 13.9. The highest BCUT2D eigenvalue weighted by atomic mass is 32.1. The fraction of sp³-hybridized carbons (Fsp3) is 0.308. The smallest absolute Gasteiger partial charge is 0.226 e. The van der Waals surface area contributed by atoms with Gasteiger partial charge in [-0.15, -0.1) is 11.3 Å². The Bertz CT molecular complexity index is 717. The van der Waals surface area contributed by atoms with Crippen LogP contribution in [-0.2, 0) is 13.6 Å². The van der Waals surface area contributed by atoms with E-state index in [0.717, 1.165) is 28.1 Å². The van der Waals surface area contributed by atoms with Crippen LogP contribution >= 0.6 is 11.3 Å². The summed E-state index contributed by atoms with van der Waals surface area (Å²) < 4.78 is 1.79. The summed E-state index contributed by atoms with van der Waals surface area (Å²) in [6.07, 6.45) is 3.84. The van der Waals surface area contributed by atoms with Gasteiger partial charge in [-0.3, -0.25) is 4.68 Å². The van der Waals surface area contributed by atoms with Crippen LogP contribution in [-0.4, -0.2) is 26.3 Å². The summed E-state index contributed by atoms with van der Waals surface area (Å²) in [5.74, 6) is 1.52. The van der Waals surface area contributed by atoms with Crippen LogP contribution in [0.1, 0.15) is 12.5 Å². The lowest BCUT2D eigenvalue weighted by molar-refractivity contribution is 0.767. The normalized spacial score (nSPS) is 10.9. The van der Waals surface area contributed by atoms with Crippen LogP contribution in [0.5, 0.6) is 0 Å². The van der Waals surface area contributed by atoms with Gasteiger partial charge in [0.05, 0.1) is 11.6 Å². The third-order valence-electron chi connectivity index (χ3n) is 2.88. The third kappa shape index (κ3) is 2.57. The zero-order valence-electron chi connectivity index (χ0n) is 11.4. The standard InChI is InChI=1S/C13H16N6S/c1-3-14-13-17-11(10-4-5-20-12(10)18-13)15-6-9-7-16-19(2)8-9/h4-5,7-8H,3,6H2,1-2H3,(H2,14,15,17,18). The molecular weight excluding hydrogens is 272 g/mol. The molecule has 0 aromatic carbocycles. The summed E-state index contributed by atoms with van der Waals surface area (Å²) in [6, 6.07) is 2.04.